The van der Waals surface area contributed by atoms with Gasteiger partial charge in [0, 0.05) is 24.2 Å². The van der Waals surface area contributed by atoms with Crippen molar-refractivity contribution in [2.24, 2.45) is 5.92 Å². The summed E-state index contributed by atoms with van der Waals surface area (Å²) >= 11 is 0. The zero-order valence-electron chi connectivity index (χ0n) is 17.5. The molecule has 2 N–H and O–H groups in total. The molecule has 168 valence electrons. The van der Waals surface area contributed by atoms with Gasteiger partial charge < -0.3 is 19.5 Å². The van der Waals surface area contributed by atoms with E-state index in [1.54, 1.807) is 0 Å². The van der Waals surface area contributed by atoms with Crippen molar-refractivity contribution in [3.63, 3.8) is 0 Å². The molecule has 1 saturated heterocycles. The van der Waals surface area contributed by atoms with E-state index >= 15 is 4.39 Å². The molecule has 0 aliphatic carbocycles. The van der Waals surface area contributed by atoms with E-state index in [1.165, 1.54) is 7.11 Å². The molecule has 0 aromatic heterocycles. The molecule has 1 aliphatic heterocycles. The van der Waals surface area contributed by atoms with Crippen LogP contribution in [0.5, 0.6) is 11.5 Å². The molecule has 1 heterocycles. The van der Waals surface area contributed by atoms with Gasteiger partial charge in [0.25, 0.3) is 0 Å². The molecule has 6 nitrogen and oxygen atoms in total. The van der Waals surface area contributed by atoms with E-state index in [9.17, 15) is 13.6 Å². The second-order valence-corrected chi connectivity index (χ2v) is 7.22. The second-order valence-electron chi connectivity index (χ2n) is 7.22. The van der Waals surface area contributed by atoms with Gasteiger partial charge >= 0.3 is 5.97 Å². The summed E-state index contributed by atoms with van der Waals surface area (Å²) in [4.78, 5) is 12.1. The van der Waals surface area contributed by atoms with Crippen LogP contribution in [0, 0.1) is 17.6 Å². The van der Waals surface area contributed by atoms with E-state index in [-0.39, 0.29) is 18.0 Å². The Labute approximate surface area is 178 Å². The Hall–Kier alpha value is -2.78. The Morgan fingerprint density at radius 1 is 1.13 bits per heavy atom. The molecule has 0 amide bonds. The Morgan fingerprint density at radius 2 is 1.84 bits per heavy atom. The number of carbonyl (C=O) groups excluding carboxylic acids is 1. The first-order valence-electron chi connectivity index (χ1n) is 9.77. The van der Waals surface area contributed by atoms with E-state index < -0.39 is 47.4 Å². The van der Waals surface area contributed by atoms with Gasteiger partial charge in [-0.1, -0.05) is 30.3 Å². The molecule has 1 unspecified atom stereocenters. The van der Waals surface area contributed by atoms with Crippen molar-refractivity contribution >= 4 is 5.97 Å². The molecule has 0 saturated carbocycles. The van der Waals surface area contributed by atoms with E-state index in [1.807, 2.05) is 30.3 Å². The molecular formula is C22H25F3N2O4. The lowest BCUT2D eigenvalue weighted by atomic mass is 9.86. The minimum absolute atomic E-state index is 0.245. The summed E-state index contributed by atoms with van der Waals surface area (Å²) in [6, 6.07) is 9.53. The van der Waals surface area contributed by atoms with Crippen LogP contribution < -0.4 is 20.1 Å². The Morgan fingerprint density at radius 3 is 2.45 bits per heavy atom. The predicted molar refractivity (Wildman–Crippen MR) is 108 cm³/mol. The molecule has 0 radical (unpaired) electrons. The highest BCUT2D eigenvalue weighted by molar-refractivity contribution is 5.72. The molecule has 1 aliphatic rings. The van der Waals surface area contributed by atoms with Crippen molar-refractivity contribution < 1.29 is 32.2 Å². The molecule has 0 spiro atoms. The Kier molecular flexibility index (Phi) is 7.40. The monoisotopic (exact) mass is 438 g/mol. The highest BCUT2D eigenvalue weighted by Gasteiger charge is 2.37. The summed E-state index contributed by atoms with van der Waals surface area (Å²) in [5.41, 5.74) is 0.649. The number of ether oxygens (including phenoxy) is 3. The Balaban J connectivity index is 1.92. The van der Waals surface area contributed by atoms with Gasteiger partial charge in [0.15, 0.2) is 17.8 Å². The third-order valence-electron chi connectivity index (χ3n) is 5.43. The van der Waals surface area contributed by atoms with Gasteiger partial charge in [-0.2, -0.15) is 8.78 Å². The van der Waals surface area contributed by atoms with Crippen LogP contribution >= 0.6 is 0 Å². The maximum atomic E-state index is 15.4. The van der Waals surface area contributed by atoms with E-state index in [0.29, 0.717) is 6.54 Å². The van der Waals surface area contributed by atoms with Crippen LogP contribution in [0.2, 0.25) is 0 Å². The number of nitrogens with one attached hydrogen (secondary N) is 2. The molecule has 2 aromatic carbocycles. The number of halogens is 3. The quantitative estimate of drug-likeness (QED) is 0.510. The number of rotatable bonds is 7. The van der Waals surface area contributed by atoms with Crippen LogP contribution in [0.1, 0.15) is 29.9 Å². The average molecular weight is 438 g/mol. The number of piperidine rings is 1. The molecule has 2 aromatic rings. The summed E-state index contributed by atoms with van der Waals surface area (Å²) in [6.45, 7) is 0.365. The van der Waals surface area contributed by atoms with Gasteiger partial charge in [0.1, 0.15) is 0 Å². The van der Waals surface area contributed by atoms with E-state index in [2.05, 4.69) is 10.6 Å². The molecular weight excluding hydrogens is 413 g/mol. The zero-order valence-corrected chi connectivity index (χ0v) is 17.5. The fourth-order valence-electron chi connectivity index (χ4n) is 3.89. The maximum absolute atomic E-state index is 15.4. The van der Waals surface area contributed by atoms with Crippen molar-refractivity contribution in [1.29, 1.82) is 0 Å². The van der Waals surface area contributed by atoms with E-state index in [0.717, 1.165) is 25.8 Å². The molecule has 3 rings (SSSR count). The van der Waals surface area contributed by atoms with Gasteiger partial charge in [-0.15, -0.1) is 0 Å². The highest BCUT2D eigenvalue weighted by Crippen LogP contribution is 2.37. The van der Waals surface area contributed by atoms with Crippen LogP contribution in [-0.4, -0.2) is 39.9 Å². The largest absolute Gasteiger partial charge is 0.494 e. The smallest absolute Gasteiger partial charge is 0.310 e. The molecule has 1 fully saturated rings. The molecule has 0 bridgehead atoms. The van der Waals surface area contributed by atoms with Crippen LogP contribution in [0.4, 0.5) is 13.2 Å². The minimum atomic E-state index is -1.92. The summed E-state index contributed by atoms with van der Waals surface area (Å²) in [5.74, 6) is -4.49. The first-order chi connectivity index (χ1) is 14.9. The van der Waals surface area contributed by atoms with Crippen LogP contribution in [0.15, 0.2) is 36.4 Å². The van der Waals surface area contributed by atoms with Crippen molar-refractivity contribution in [1.82, 2.24) is 10.6 Å². The summed E-state index contributed by atoms with van der Waals surface area (Å²) in [7, 11) is 3.58. The topological polar surface area (TPSA) is 68.8 Å². The third kappa shape index (κ3) is 4.77. The number of hydrogen-bond donors (Lipinski definition) is 2. The van der Waals surface area contributed by atoms with Gasteiger partial charge in [0.2, 0.25) is 11.6 Å². The van der Waals surface area contributed by atoms with Crippen LogP contribution in [0.25, 0.3) is 0 Å². The molecule has 9 heteroatoms. The van der Waals surface area contributed by atoms with Crippen LogP contribution in [-0.2, 0) is 9.53 Å². The highest BCUT2D eigenvalue weighted by atomic mass is 19.2. The average Bonchev–Trinajstić information content (AvgIpc) is 2.80. The fraction of sp³-hybridized carbons (Fsp3) is 0.409. The summed E-state index contributed by atoms with van der Waals surface area (Å²) < 4.78 is 58.4. The van der Waals surface area contributed by atoms with Crippen molar-refractivity contribution in [2.75, 3.05) is 27.9 Å². The minimum Gasteiger partial charge on any atom is -0.494 e. The van der Waals surface area contributed by atoms with E-state index in [4.69, 9.17) is 14.2 Å². The second kappa shape index (κ2) is 10.0. The van der Waals surface area contributed by atoms with Crippen molar-refractivity contribution in [2.45, 2.75) is 24.8 Å². The van der Waals surface area contributed by atoms with Crippen LogP contribution in [0.3, 0.4) is 0 Å². The first kappa shape index (κ1) is 22.9. The lowest BCUT2D eigenvalue weighted by Gasteiger charge is -2.38. The van der Waals surface area contributed by atoms with Crippen molar-refractivity contribution in [3.05, 3.63) is 59.2 Å². The van der Waals surface area contributed by atoms with Gasteiger partial charge in [-0.25, -0.2) is 4.39 Å². The number of hydrogen-bond acceptors (Lipinski definition) is 6. The SMILES string of the molecule is COC(=O)[C@H]1CN[C@@H](c2ccccc2)[C@@H](NC(F)c2cc(OC)c(F)c(F)c2OC)C1. The predicted octanol–water partition coefficient (Wildman–Crippen LogP) is 3.43. The summed E-state index contributed by atoms with van der Waals surface area (Å²) in [5, 5.41) is 6.06. The number of methoxy groups -OCH3 is 3. The first-order valence-corrected chi connectivity index (χ1v) is 9.77. The Bertz CT molecular complexity index is 913. The number of benzene rings is 2. The number of alkyl halides is 1. The third-order valence-corrected chi connectivity index (χ3v) is 5.43. The van der Waals surface area contributed by atoms with Gasteiger partial charge in [-0.3, -0.25) is 10.1 Å². The normalized spacial score (nSPS) is 21.9. The number of carbonyl (C=O) groups is 1. The molecule has 31 heavy (non-hydrogen) atoms. The lowest BCUT2D eigenvalue weighted by Crippen LogP contribution is -2.51. The number of esters is 1. The lowest BCUT2D eigenvalue weighted by molar-refractivity contribution is -0.146. The van der Waals surface area contributed by atoms with Crippen molar-refractivity contribution in [3.8, 4) is 11.5 Å². The van der Waals surface area contributed by atoms with Gasteiger partial charge in [-0.05, 0) is 18.1 Å². The maximum Gasteiger partial charge on any atom is 0.310 e. The summed E-state index contributed by atoms with van der Waals surface area (Å²) in [6.07, 6.45) is -1.64. The van der Waals surface area contributed by atoms with Gasteiger partial charge in [0.05, 0.1) is 27.2 Å². The zero-order chi connectivity index (χ0) is 22.5. The molecule has 4 atom stereocenters. The fourth-order valence-corrected chi connectivity index (χ4v) is 3.89. The standard InChI is InChI=1S/C22H25F3N2O4/c1-29-16-10-14(20(30-2)18(24)17(16)23)21(25)27-15-9-13(22(28)31-3)11-26-19(15)12-7-5-4-6-8-12/h4-8,10,13,15,19,21,26-27H,9,11H2,1-3H3/t13-,15+,19+,21?/m1/s1.